The van der Waals surface area contributed by atoms with Crippen molar-refractivity contribution in [3.05, 3.63) is 27.1 Å². The quantitative estimate of drug-likeness (QED) is 0.656. The van der Waals surface area contributed by atoms with E-state index in [9.17, 15) is 0 Å². The van der Waals surface area contributed by atoms with Crippen molar-refractivity contribution >= 4 is 43.4 Å². The molecular weight excluding hydrogens is 308 g/mol. The van der Waals surface area contributed by atoms with Gasteiger partial charge in [0.2, 0.25) is 0 Å². The minimum Gasteiger partial charge on any atom is -0.387 e. The van der Waals surface area contributed by atoms with E-state index in [2.05, 4.69) is 36.9 Å². The Balaban J connectivity index is 2.30. The standard InChI is InChI=1S/C10H10Br2N2/c11-7-3-4-8(12)9(5-7)14-10(13)6-1-2-6/h3-6H,1-2H2,(H2,13,14). The molecule has 4 heteroatoms. The minimum absolute atomic E-state index is 0.515. The number of nitrogens with zero attached hydrogens (tertiary/aromatic N) is 1. The maximum absolute atomic E-state index is 5.84. The molecule has 0 unspecified atom stereocenters. The fourth-order valence-corrected chi connectivity index (χ4v) is 1.87. The lowest BCUT2D eigenvalue weighted by Gasteiger charge is -2.01. The Morgan fingerprint density at radius 1 is 1.36 bits per heavy atom. The van der Waals surface area contributed by atoms with Crippen LogP contribution in [-0.4, -0.2) is 5.84 Å². The highest BCUT2D eigenvalue weighted by Gasteiger charge is 2.25. The lowest BCUT2D eigenvalue weighted by atomic mass is 10.3. The third-order valence-corrected chi connectivity index (χ3v) is 3.32. The Morgan fingerprint density at radius 2 is 2.07 bits per heavy atom. The zero-order valence-electron chi connectivity index (χ0n) is 7.50. The van der Waals surface area contributed by atoms with Crippen molar-refractivity contribution in [2.45, 2.75) is 12.8 Å². The van der Waals surface area contributed by atoms with Crippen molar-refractivity contribution in [3.63, 3.8) is 0 Å². The Kier molecular flexibility index (Phi) is 2.93. The molecule has 1 aromatic rings. The summed E-state index contributed by atoms with van der Waals surface area (Å²) >= 11 is 6.85. The zero-order valence-corrected chi connectivity index (χ0v) is 10.7. The van der Waals surface area contributed by atoms with Crippen LogP contribution in [-0.2, 0) is 0 Å². The summed E-state index contributed by atoms with van der Waals surface area (Å²) in [5.41, 5.74) is 6.74. The summed E-state index contributed by atoms with van der Waals surface area (Å²) < 4.78 is 1.99. The van der Waals surface area contributed by atoms with Gasteiger partial charge in [0.15, 0.2) is 0 Å². The van der Waals surface area contributed by atoms with Gasteiger partial charge < -0.3 is 5.73 Å². The van der Waals surface area contributed by atoms with Crippen molar-refractivity contribution in [3.8, 4) is 0 Å². The number of benzene rings is 1. The molecule has 2 N–H and O–H groups in total. The van der Waals surface area contributed by atoms with Crippen LogP contribution in [0.1, 0.15) is 12.8 Å². The van der Waals surface area contributed by atoms with Gasteiger partial charge in [0, 0.05) is 14.9 Å². The van der Waals surface area contributed by atoms with Crippen LogP contribution in [0.5, 0.6) is 0 Å². The number of hydrogen-bond donors (Lipinski definition) is 1. The minimum atomic E-state index is 0.515. The van der Waals surface area contributed by atoms with E-state index in [-0.39, 0.29) is 0 Å². The largest absolute Gasteiger partial charge is 0.387 e. The van der Waals surface area contributed by atoms with E-state index < -0.39 is 0 Å². The van der Waals surface area contributed by atoms with E-state index in [1.807, 2.05) is 18.2 Å². The summed E-state index contributed by atoms with van der Waals surface area (Å²) in [7, 11) is 0. The molecule has 0 heterocycles. The molecule has 0 atom stereocenters. The van der Waals surface area contributed by atoms with Crippen LogP contribution in [0.3, 0.4) is 0 Å². The van der Waals surface area contributed by atoms with Crippen LogP contribution in [0.25, 0.3) is 0 Å². The van der Waals surface area contributed by atoms with Gasteiger partial charge in [-0.1, -0.05) is 15.9 Å². The summed E-state index contributed by atoms with van der Waals surface area (Å²) in [6.45, 7) is 0. The summed E-state index contributed by atoms with van der Waals surface area (Å²) in [4.78, 5) is 4.40. The summed E-state index contributed by atoms with van der Waals surface area (Å²) in [5, 5.41) is 0. The van der Waals surface area contributed by atoms with Crippen LogP contribution >= 0.6 is 31.9 Å². The van der Waals surface area contributed by atoms with Gasteiger partial charge in [0.1, 0.15) is 5.84 Å². The van der Waals surface area contributed by atoms with Crippen LogP contribution in [0, 0.1) is 5.92 Å². The topological polar surface area (TPSA) is 38.4 Å². The molecule has 1 aromatic carbocycles. The average molecular weight is 318 g/mol. The fraction of sp³-hybridized carbons (Fsp3) is 0.300. The van der Waals surface area contributed by atoms with Crippen LogP contribution < -0.4 is 5.73 Å². The Bertz CT molecular complexity index is 384. The van der Waals surface area contributed by atoms with Gasteiger partial charge in [-0.15, -0.1) is 0 Å². The average Bonchev–Trinajstić information content (AvgIpc) is 2.94. The second-order valence-electron chi connectivity index (χ2n) is 3.41. The molecule has 0 amide bonds. The second kappa shape index (κ2) is 4.03. The van der Waals surface area contributed by atoms with Gasteiger partial charge >= 0.3 is 0 Å². The summed E-state index contributed by atoms with van der Waals surface area (Å²) in [6, 6.07) is 5.89. The van der Waals surface area contributed by atoms with Crippen molar-refractivity contribution in [1.29, 1.82) is 0 Å². The molecule has 1 saturated carbocycles. The number of aliphatic imine (C=N–C) groups is 1. The van der Waals surface area contributed by atoms with Crippen molar-refractivity contribution < 1.29 is 0 Å². The molecule has 0 aromatic heterocycles. The molecular formula is C10H10Br2N2. The molecule has 0 bridgehead atoms. The lowest BCUT2D eigenvalue weighted by molar-refractivity contribution is 1.15. The number of amidine groups is 1. The molecule has 1 aliphatic carbocycles. The lowest BCUT2D eigenvalue weighted by Crippen LogP contribution is -2.13. The van der Waals surface area contributed by atoms with Gasteiger partial charge in [-0.3, -0.25) is 0 Å². The molecule has 1 fully saturated rings. The fourth-order valence-electron chi connectivity index (χ4n) is 1.18. The van der Waals surface area contributed by atoms with Gasteiger partial charge in [0.25, 0.3) is 0 Å². The zero-order chi connectivity index (χ0) is 10.1. The van der Waals surface area contributed by atoms with Crippen LogP contribution in [0.15, 0.2) is 32.1 Å². The molecule has 0 aliphatic heterocycles. The van der Waals surface area contributed by atoms with E-state index in [1.165, 1.54) is 12.8 Å². The monoisotopic (exact) mass is 316 g/mol. The van der Waals surface area contributed by atoms with E-state index in [0.29, 0.717) is 5.92 Å². The maximum atomic E-state index is 5.84. The van der Waals surface area contributed by atoms with E-state index in [0.717, 1.165) is 20.5 Å². The first-order valence-electron chi connectivity index (χ1n) is 4.46. The summed E-state index contributed by atoms with van der Waals surface area (Å²) in [5.74, 6) is 1.27. The van der Waals surface area contributed by atoms with E-state index in [4.69, 9.17) is 5.73 Å². The third kappa shape index (κ3) is 2.36. The highest BCUT2D eigenvalue weighted by Crippen LogP contribution is 2.33. The highest BCUT2D eigenvalue weighted by atomic mass is 79.9. The first-order valence-corrected chi connectivity index (χ1v) is 6.04. The number of rotatable bonds is 2. The van der Waals surface area contributed by atoms with Crippen LogP contribution in [0.4, 0.5) is 5.69 Å². The first-order chi connectivity index (χ1) is 6.66. The van der Waals surface area contributed by atoms with E-state index in [1.54, 1.807) is 0 Å². The molecule has 0 spiro atoms. The molecule has 14 heavy (non-hydrogen) atoms. The Morgan fingerprint density at radius 3 is 2.71 bits per heavy atom. The molecule has 0 radical (unpaired) electrons. The van der Waals surface area contributed by atoms with E-state index >= 15 is 0 Å². The highest BCUT2D eigenvalue weighted by molar-refractivity contribution is 9.11. The molecule has 0 saturated heterocycles. The van der Waals surface area contributed by atoms with Crippen molar-refractivity contribution in [2.24, 2.45) is 16.6 Å². The predicted molar refractivity (Wildman–Crippen MR) is 65.8 cm³/mol. The van der Waals surface area contributed by atoms with Gasteiger partial charge in [-0.05, 0) is 47.0 Å². The third-order valence-electron chi connectivity index (χ3n) is 2.15. The Labute approximate surface area is 99.9 Å². The smallest absolute Gasteiger partial charge is 0.103 e. The molecule has 2 rings (SSSR count). The van der Waals surface area contributed by atoms with Crippen molar-refractivity contribution in [1.82, 2.24) is 0 Å². The second-order valence-corrected chi connectivity index (χ2v) is 5.18. The number of nitrogens with two attached hydrogens (primary N) is 1. The normalized spacial score (nSPS) is 17.1. The SMILES string of the molecule is NC(=Nc1cc(Br)ccc1Br)C1CC1. The van der Waals surface area contributed by atoms with Crippen molar-refractivity contribution in [2.75, 3.05) is 0 Å². The molecule has 74 valence electrons. The van der Waals surface area contributed by atoms with Gasteiger partial charge in [0.05, 0.1) is 5.69 Å². The van der Waals surface area contributed by atoms with Crippen LogP contribution in [0.2, 0.25) is 0 Å². The number of halogens is 2. The van der Waals surface area contributed by atoms with Gasteiger partial charge in [-0.2, -0.15) is 0 Å². The number of hydrogen-bond acceptors (Lipinski definition) is 1. The predicted octanol–water partition coefficient (Wildman–Crippen LogP) is 3.61. The Hall–Kier alpha value is -0.350. The molecule has 2 nitrogen and oxygen atoms in total. The molecule has 1 aliphatic rings. The summed E-state index contributed by atoms with van der Waals surface area (Å²) in [6.07, 6.45) is 2.36. The van der Waals surface area contributed by atoms with Gasteiger partial charge in [-0.25, -0.2) is 4.99 Å². The first kappa shape index (κ1) is 10.2. The maximum Gasteiger partial charge on any atom is 0.103 e.